The van der Waals surface area contributed by atoms with Crippen LogP contribution in [0.5, 0.6) is 0 Å². The van der Waals surface area contributed by atoms with Crippen molar-refractivity contribution in [2.45, 2.75) is 0 Å². The summed E-state index contributed by atoms with van der Waals surface area (Å²) in [4.78, 5) is 11.0. The highest BCUT2D eigenvalue weighted by molar-refractivity contribution is 6.14. The van der Waals surface area contributed by atoms with Crippen LogP contribution in [0.2, 0.25) is 0 Å². The van der Waals surface area contributed by atoms with Crippen LogP contribution in [0.25, 0.3) is 94.1 Å². The topological polar surface area (TPSA) is 40.6 Å². The molecule has 0 saturated heterocycles. The standard InChI is InChI=1S/C46H29N5/c1-3-15-31(16-4-1)49-38-23-11-7-21-35(38)36-28-27-30(29-42(36)49)43-45-44(37-22-10-14-26-41(37)50(45)32-17-5-2-6-18-32)48-46(47-43)51-39-24-12-8-19-33(39)34-20-9-13-25-40(34)51/h1-29H. The van der Waals surface area contributed by atoms with Crippen LogP contribution in [-0.2, 0) is 0 Å². The van der Waals surface area contributed by atoms with Crippen molar-refractivity contribution in [3.8, 4) is 28.6 Å². The van der Waals surface area contributed by atoms with Gasteiger partial charge >= 0.3 is 0 Å². The third kappa shape index (κ3) is 4.03. The highest BCUT2D eigenvalue weighted by atomic mass is 15.2. The van der Waals surface area contributed by atoms with Gasteiger partial charge in [0.05, 0.1) is 33.1 Å². The summed E-state index contributed by atoms with van der Waals surface area (Å²) in [6, 6.07) is 62.3. The van der Waals surface area contributed by atoms with Crippen LogP contribution in [-0.4, -0.2) is 23.7 Å². The minimum absolute atomic E-state index is 0.648. The zero-order valence-corrected chi connectivity index (χ0v) is 27.5. The van der Waals surface area contributed by atoms with E-state index in [0.717, 1.165) is 61.1 Å². The highest BCUT2D eigenvalue weighted by Gasteiger charge is 2.24. The number of hydrogen-bond acceptors (Lipinski definition) is 2. The molecule has 4 aromatic heterocycles. The molecule has 0 radical (unpaired) electrons. The van der Waals surface area contributed by atoms with Crippen molar-refractivity contribution in [2.24, 2.45) is 0 Å². The summed E-state index contributed by atoms with van der Waals surface area (Å²) < 4.78 is 6.92. The summed E-state index contributed by atoms with van der Waals surface area (Å²) in [7, 11) is 0. The molecule has 4 heterocycles. The van der Waals surface area contributed by atoms with E-state index in [1.165, 1.54) is 27.1 Å². The molecule has 0 aliphatic carbocycles. The summed E-state index contributed by atoms with van der Waals surface area (Å²) in [5, 5.41) is 5.87. The number of rotatable bonds is 4. The zero-order chi connectivity index (χ0) is 33.5. The minimum Gasteiger partial charge on any atom is -0.309 e. The molecule has 0 spiro atoms. The molecule has 5 nitrogen and oxygen atoms in total. The van der Waals surface area contributed by atoms with E-state index in [1.54, 1.807) is 0 Å². The van der Waals surface area contributed by atoms with Crippen LogP contribution in [0, 0.1) is 0 Å². The molecular formula is C46H29N5. The minimum atomic E-state index is 0.648. The van der Waals surface area contributed by atoms with Gasteiger partial charge < -0.3 is 9.13 Å². The fourth-order valence-electron chi connectivity index (χ4n) is 8.09. The monoisotopic (exact) mass is 651 g/mol. The van der Waals surface area contributed by atoms with E-state index in [4.69, 9.17) is 9.97 Å². The SMILES string of the molecule is c1ccc(-n2c3ccccc3c3ccc(-c4nc(-n5c6ccccc6c6ccccc65)nc5c6ccccc6n(-c6ccccc6)c45)cc32)cc1. The lowest BCUT2D eigenvalue weighted by Gasteiger charge is -2.14. The molecule has 0 fully saturated rings. The van der Waals surface area contributed by atoms with E-state index >= 15 is 0 Å². The Morgan fingerprint density at radius 3 is 1.37 bits per heavy atom. The predicted octanol–water partition coefficient (Wildman–Crippen LogP) is 11.4. The maximum absolute atomic E-state index is 5.58. The summed E-state index contributed by atoms with van der Waals surface area (Å²) in [6.07, 6.45) is 0. The first-order valence-electron chi connectivity index (χ1n) is 17.3. The van der Waals surface area contributed by atoms with E-state index in [9.17, 15) is 0 Å². The third-order valence-electron chi connectivity index (χ3n) is 10.3. The summed E-state index contributed by atoms with van der Waals surface area (Å²) >= 11 is 0. The van der Waals surface area contributed by atoms with Crippen molar-refractivity contribution in [2.75, 3.05) is 0 Å². The van der Waals surface area contributed by atoms with Crippen molar-refractivity contribution in [1.29, 1.82) is 0 Å². The Kier molecular flexibility index (Phi) is 5.89. The number of fused-ring (bicyclic) bond motifs is 9. The summed E-state index contributed by atoms with van der Waals surface area (Å²) in [6.45, 7) is 0. The summed E-state index contributed by atoms with van der Waals surface area (Å²) in [5.41, 5.74) is 11.5. The molecule has 11 aromatic rings. The highest BCUT2D eigenvalue weighted by Crippen LogP contribution is 2.41. The molecule has 0 atom stereocenters. The van der Waals surface area contributed by atoms with E-state index in [-0.39, 0.29) is 0 Å². The molecule has 7 aromatic carbocycles. The molecule has 0 aliphatic heterocycles. The van der Waals surface area contributed by atoms with Crippen molar-refractivity contribution < 1.29 is 0 Å². The average molecular weight is 652 g/mol. The molecule has 11 rings (SSSR count). The molecule has 51 heavy (non-hydrogen) atoms. The Hall–Kier alpha value is -6.98. The number of benzene rings is 7. The molecule has 0 bridgehead atoms. The van der Waals surface area contributed by atoms with Gasteiger partial charge in [-0.25, -0.2) is 9.97 Å². The van der Waals surface area contributed by atoms with Crippen molar-refractivity contribution in [3.05, 3.63) is 176 Å². The average Bonchev–Trinajstić information content (AvgIpc) is 3.84. The van der Waals surface area contributed by atoms with Crippen LogP contribution in [0.4, 0.5) is 0 Å². The third-order valence-corrected chi connectivity index (χ3v) is 10.3. The molecule has 0 amide bonds. The van der Waals surface area contributed by atoms with Gasteiger partial charge in [-0.3, -0.25) is 4.57 Å². The molecule has 0 saturated carbocycles. The summed E-state index contributed by atoms with van der Waals surface area (Å²) in [5.74, 6) is 0.648. The number of nitrogens with zero attached hydrogens (tertiary/aromatic N) is 5. The molecule has 0 N–H and O–H groups in total. The van der Waals surface area contributed by atoms with Gasteiger partial charge in [-0.2, -0.15) is 0 Å². The van der Waals surface area contributed by atoms with Gasteiger partial charge in [-0.15, -0.1) is 0 Å². The van der Waals surface area contributed by atoms with Crippen LogP contribution in [0.1, 0.15) is 0 Å². The maximum atomic E-state index is 5.58. The smallest absolute Gasteiger partial charge is 0.235 e. The predicted molar refractivity (Wildman–Crippen MR) is 210 cm³/mol. The van der Waals surface area contributed by atoms with E-state index < -0.39 is 0 Å². The van der Waals surface area contributed by atoms with Gasteiger partial charge in [0.1, 0.15) is 11.2 Å². The fraction of sp³-hybridized carbons (Fsp3) is 0. The van der Waals surface area contributed by atoms with Gasteiger partial charge in [0.15, 0.2) is 0 Å². The lowest BCUT2D eigenvalue weighted by molar-refractivity contribution is 1.01. The van der Waals surface area contributed by atoms with E-state index in [1.807, 2.05) is 0 Å². The zero-order valence-electron chi connectivity index (χ0n) is 27.5. The molecule has 238 valence electrons. The Morgan fingerprint density at radius 1 is 0.333 bits per heavy atom. The van der Waals surface area contributed by atoms with Gasteiger partial charge in [-0.05, 0) is 54.6 Å². The quantitative estimate of drug-likeness (QED) is 0.190. The molecule has 5 heteroatoms. The second-order valence-corrected chi connectivity index (χ2v) is 13.0. The number of para-hydroxylation sites is 6. The van der Waals surface area contributed by atoms with Gasteiger partial charge in [-0.1, -0.05) is 121 Å². The second kappa shape index (κ2) is 10.8. The van der Waals surface area contributed by atoms with Gasteiger partial charge in [0, 0.05) is 43.9 Å². The lowest BCUT2D eigenvalue weighted by atomic mass is 10.1. The lowest BCUT2D eigenvalue weighted by Crippen LogP contribution is -2.05. The number of hydrogen-bond donors (Lipinski definition) is 0. The molecule has 0 aliphatic rings. The van der Waals surface area contributed by atoms with Gasteiger partial charge in [0.25, 0.3) is 0 Å². The Bertz CT molecular complexity index is 3080. The molecule has 0 unspecified atom stereocenters. The Balaban J connectivity index is 1.31. The van der Waals surface area contributed by atoms with Crippen molar-refractivity contribution in [1.82, 2.24) is 23.7 Å². The largest absolute Gasteiger partial charge is 0.309 e. The van der Waals surface area contributed by atoms with E-state index in [2.05, 4.69) is 190 Å². The van der Waals surface area contributed by atoms with Crippen molar-refractivity contribution >= 4 is 65.5 Å². The first kappa shape index (κ1) is 27.9. The Labute approximate surface area is 292 Å². The fourth-order valence-corrected chi connectivity index (χ4v) is 8.09. The maximum Gasteiger partial charge on any atom is 0.235 e. The first-order chi connectivity index (χ1) is 25.3. The van der Waals surface area contributed by atoms with Crippen molar-refractivity contribution in [3.63, 3.8) is 0 Å². The van der Waals surface area contributed by atoms with Crippen LogP contribution >= 0.6 is 0 Å². The first-order valence-corrected chi connectivity index (χ1v) is 17.3. The Morgan fingerprint density at radius 2 is 0.784 bits per heavy atom. The number of aromatic nitrogens is 5. The second-order valence-electron chi connectivity index (χ2n) is 13.0. The van der Waals surface area contributed by atoms with E-state index in [0.29, 0.717) is 5.95 Å². The van der Waals surface area contributed by atoms with Crippen LogP contribution in [0.3, 0.4) is 0 Å². The van der Waals surface area contributed by atoms with Crippen LogP contribution < -0.4 is 0 Å². The normalized spacial score (nSPS) is 11.9. The van der Waals surface area contributed by atoms with Gasteiger partial charge in [0.2, 0.25) is 5.95 Å². The molecular weight excluding hydrogens is 623 g/mol. The van der Waals surface area contributed by atoms with Crippen LogP contribution in [0.15, 0.2) is 176 Å².